The van der Waals surface area contributed by atoms with Crippen LogP contribution in [0.5, 0.6) is 17.2 Å². The molecular weight excluding hydrogens is 444 g/mol. The number of nitrogens with zero attached hydrogens (tertiary/aromatic N) is 1. The number of aromatic nitrogens is 1. The maximum Gasteiger partial charge on any atom is 0.199 e. The lowest BCUT2D eigenvalue weighted by atomic mass is 9.95. The van der Waals surface area contributed by atoms with Gasteiger partial charge in [0.25, 0.3) is 0 Å². The quantitative estimate of drug-likeness (QED) is 0.305. The summed E-state index contributed by atoms with van der Waals surface area (Å²) in [6, 6.07) is 20.4. The SMILES string of the molecule is O=C(c1ccc(OCCC2CCCN2)cc1)c1c(-c2ccc(O)cc2)noc1-c1ccc(O)cc1. The highest BCUT2D eigenvalue weighted by Crippen LogP contribution is 2.35. The summed E-state index contributed by atoms with van der Waals surface area (Å²) in [6.07, 6.45) is 3.35. The van der Waals surface area contributed by atoms with Crippen LogP contribution in [-0.4, -0.2) is 40.3 Å². The summed E-state index contributed by atoms with van der Waals surface area (Å²) in [5.41, 5.74) is 2.41. The Bertz CT molecular complexity index is 1230. The molecule has 1 fully saturated rings. The first-order valence-electron chi connectivity index (χ1n) is 11.7. The van der Waals surface area contributed by atoms with Crippen molar-refractivity contribution in [3.63, 3.8) is 0 Å². The predicted octanol–water partition coefficient (Wildman–Crippen LogP) is 5.17. The van der Waals surface area contributed by atoms with Crippen LogP contribution in [0, 0.1) is 0 Å². The van der Waals surface area contributed by atoms with Gasteiger partial charge in [-0.2, -0.15) is 0 Å². The number of hydrogen-bond acceptors (Lipinski definition) is 7. The molecule has 1 aromatic heterocycles. The Morgan fingerprint density at radius 3 is 2.23 bits per heavy atom. The normalized spacial score (nSPS) is 15.3. The maximum atomic E-state index is 13.7. The van der Waals surface area contributed by atoms with Gasteiger partial charge in [-0.05, 0) is 98.6 Å². The molecule has 35 heavy (non-hydrogen) atoms. The standard InChI is InChI=1S/C28H26N2O5/c31-22-9-3-18(4-10-22)26-25(28(35-30-26)20-5-11-23(32)12-6-20)27(33)19-7-13-24(14-8-19)34-17-15-21-2-1-16-29-21/h3-14,21,29,31-32H,1-2,15-17H2. The van der Waals surface area contributed by atoms with Crippen molar-refractivity contribution in [1.82, 2.24) is 10.5 Å². The molecule has 0 aliphatic carbocycles. The molecule has 4 aromatic rings. The van der Waals surface area contributed by atoms with Gasteiger partial charge >= 0.3 is 0 Å². The highest BCUT2D eigenvalue weighted by molar-refractivity contribution is 6.15. The Hall–Kier alpha value is -4.10. The van der Waals surface area contributed by atoms with Crippen molar-refractivity contribution in [3.8, 4) is 39.8 Å². The highest BCUT2D eigenvalue weighted by atomic mass is 16.5. The van der Waals surface area contributed by atoms with Crippen LogP contribution < -0.4 is 10.1 Å². The molecule has 3 N–H and O–H groups in total. The summed E-state index contributed by atoms with van der Waals surface area (Å²) in [5, 5.41) is 27.0. The number of ether oxygens (including phenoxy) is 1. The number of phenolic OH excluding ortho intramolecular Hbond substituents is 2. The maximum absolute atomic E-state index is 13.7. The van der Waals surface area contributed by atoms with Crippen LogP contribution in [0.25, 0.3) is 22.6 Å². The fraction of sp³-hybridized carbons (Fsp3) is 0.214. The van der Waals surface area contributed by atoms with E-state index in [1.807, 2.05) is 0 Å². The van der Waals surface area contributed by atoms with Crippen molar-refractivity contribution in [1.29, 1.82) is 0 Å². The van der Waals surface area contributed by atoms with Crippen LogP contribution >= 0.6 is 0 Å². The van der Waals surface area contributed by atoms with Crippen molar-refractivity contribution in [2.75, 3.05) is 13.2 Å². The molecular formula is C28H26N2O5. The molecule has 178 valence electrons. The molecule has 1 aliphatic rings. The Morgan fingerprint density at radius 2 is 1.60 bits per heavy atom. The lowest BCUT2D eigenvalue weighted by molar-refractivity contribution is 0.103. The monoisotopic (exact) mass is 470 g/mol. The zero-order chi connectivity index (χ0) is 24.2. The molecule has 1 aliphatic heterocycles. The van der Waals surface area contributed by atoms with Crippen molar-refractivity contribution < 1.29 is 24.3 Å². The zero-order valence-electron chi connectivity index (χ0n) is 19.1. The molecule has 0 saturated carbocycles. The molecule has 1 saturated heterocycles. The van der Waals surface area contributed by atoms with Crippen molar-refractivity contribution >= 4 is 5.78 Å². The van der Waals surface area contributed by atoms with Gasteiger partial charge < -0.3 is 24.8 Å². The Labute approximate surface area is 203 Å². The lowest BCUT2D eigenvalue weighted by Gasteiger charge is -2.11. The zero-order valence-corrected chi connectivity index (χ0v) is 19.1. The van der Waals surface area contributed by atoms with Gasteiger partial charge in [0.15, 0.2) is 11.5 Å². The number of carbonyl (C=O) groups excluding carboxylic acids is 1. The minimum Gasteiger partial charge on any atom is -0.508 e. The summed E-state index contributed by atoms with van der Waals surface area (Å²) >= 11 is 0. The molecule has 0 radical (unpaired) electrons. The van der Waals surface area contributed by atoms with E-state index in [2.05, 4.69) is 10.5 Å². The largest absolute Gasteiger partial charge is 0.508 e. The predicted molar refractivity (Wildman–Crippen MR) is 132 cm³/mol. The number of aromatic hydroxyl groups is 2. The molecule has 1 unspecified atom stereocenters. The first-order valence-corrected chi connectivity index (χ1v) is 11.7. The van der Waals surface area contributed by atoms with Crippen LogP contribution in [0.15, 0.2) is 77.3 Å². The number of phenols is 2. The number of hydrogen-bond donors (Lipinski definition) is 3. The van der Waals surface area contributed by atoms with E-state index < -0.39 is 0 Å². The van der Waals surface area contributed by atoms with Crippen LogP contribution in [0.3, 0.4) is 0 Å². The number of ketones is 1. The number of rotatable bonds is 8. The van der Waals surface area contributed by atoms with E-state index in [1.165, 1.54) is 37.1 Å². The summed E-state index contributed by atoms with van der Waals surface area (Å²) in [6.45, 7) is 1.69. The minimum absolute atomic E-state index is 0.110. The van der Waals surface area contributed by atoms with Gasteiger partial charge in [-0.25, -0.2) is 0 Å². The van der Waals surface area contributed by atoms with Gasteiger partial charge in [0.05, 0.1) is 12.2 Å². The average molecular weight is 471 g/mol. The molecule has 1 atom stereocenters. The Balaban J connectivity index is 1.42. The van der Waals surface area contributed by atoms with E-state index in [1.54, 1.807) is 48.5 Å². The Morgan fingerprint density at radius 1 is 0.943 bits per heavy atom. The third-order valence-corrected chi connectivity index (χ3v) is 6.20. The van der Waals surface area contributed by atoms with Gasteiger partial charge in [-0.3, -0.25) is 4.79 Å². The fourth-order valence-corrected chi connectivity index (χ4v) is 4.30. The van der Waals surface area contributed by atoms with E-state index in [9.17, 15) is 15.0 Å². The number of benzene rings is 3. The van der Waals surface area contributed by atoms with E-state index in [0.717, 1.165) is 13.0 Å². The van der Waals surface area contributed by atoms with Gasteiger partial charge in [-0.15, -0.1) is 0 Å². The smallest absolute Gasteiger partial charge is 0.199 e. The second-order valence-corrected chi connectivity index (χ2v) is 8.61. The second kappa shape index (κ2) is 10.0. The van der Waals surface area contributed by atoms with Gasteiger partial charge in [0, 0.05) is 22.7 Å². The van der Waals surface area contributed by atoms with E-state index in [0.29, 0.717) is 52.1 Å². The fourth-order valence-electron chi connectivity index (χ4n) is 4.30. The topological polar surface area (TPSA) is 105 Å². The van der Waals surface area contributed by atoms with Crippen molar-refractivity contribution in [2.24, 2.45) is 0 Å². The van der Waals surface area contributed by atoms with E-state index in [-0.39, 0.29) is 17.3 Å². The molecule has 0 bridgehead atoms. The van der Waals surface area contributed by atoms with E-state index >= 15 is 0 Å². The van der Waals surface area contributed by atoms with Crippen molar-refractivity contribution in [2.45, 2.75) is 25.3 Å². The Kier molecular flexibility index (Phi) is 6.50. The number of nitrogens with one attached hydrogen (secondary N) is 1. The second-order valence-electron chi connectivity index (χ2n) is 8.61. The van der Waals surface area contributed by atoms with Crippen LogP contribution in [0.2, 0.25) is 0 Å². The summed E-state index contributed by atoms with van der Waals surface area (Å²) in [4.78, 5) is 13.7. The molecule has 0 spiro atoms. The first kappa shape index (κ1) is 22.7. The molecule has 7 heteroatoms. The molecule has 2 heterocycles. The lowest BCUT2D eigenvalue weighted by Crippen LogP contribution is -2.23. The molecule has 5 rings (SSSR count). The first-order chi connectivity index (χ1) is 17.1. The third kappa shape index (κ3) is 5.05. The highest BCUT2D eigenvalue weighted by Gasteiger charge is 2.26. The number of carbonyl (C=O) groups is 1. The van der Waals surface area contributed by atoms with Crippen LogP contribution in [0.1, 0.15) is 35.2 Å². The molecule has 7 nitrogen and oxygen atoms in total. The molecule has 3 aromatic carbocycles. The molecule has 0 amide bonds. The van der Waals surface area contributed by atoms with Gasteiger partial charge in [-0.1, -0.05) is 5.16 Å². The summed E-state index contributed by atoms with van der Waals surface area (Å²) in [5.74, 6) is 0.992. The van der Waals surface area contributed by atoms with Crippen molar-refractivity contribution in [3.05, 3.63) is 83.9 Å². The third-order valence-electron chi connectivity index (χ3n) is 6.20. The van der Waals surface area contributed by atoms with Crippen LogP contribution in [-0.2, 0) is 0 Å². The minimum atomic E-state index is -0.251. The van der Waals surface area contributed by atoms with E-state index in [4.69, 9.17) is 9.26 Å². The summed E-state index contributed by atoms with van der Waals surface area (Å²) in [7, 11) is 0. The van der Waals surface area contributed by atoms with Gasteiger partial charge in [0.2, 0.25) is 0 Å². The summed E-state index contributed by atoms with van der Waals surface area (Å²) < 4.78 is 11.5. The van der Waals surface area contributed by atoms with Gasteiger partial charge in [0.1, 0.15) is 22.9 Å². The average Bonchev–Trinajstić information content (AvgIpc) is 3.55. The van der Waals surface area contributed by atoms with Crippen LogP contribution in [0.4, 0.5) is 0 Å².